The van der Waals surface area contributed by atoms with Gasteiger partial charge in [0, 0.05) is 15.6 Å². The summed E-state index contributed by atoms with van der Waals surface area (Å²) >= 11 is 31.2. The number of nitrogens with one attached hydrogen (secondary N) is 2. The van der Waals surface area contributed by atoms with Gasteiger partial charge in [-0.25, -0.2) is 4.79 Å². The molecule has 0 aliphatic rings. The predicted molar refractivity (Wildman–Crippen MR) is 145 cm³/mol. The topological polar surface area (TPSA) is 105 Å². The largest absolute Gasteiger partial charge is 0.495 e. The second kappa shape index (κ2) is 12.3. The highest BCUT2D eigenvalue weighted by Crippen LogP contribution is 2.42. The average molecular weight is 609 g/mol. The Morgan fingerprint density at radius 1 is 0.861 bits per heavy atom. The maximum Gasteiger partial charge on any atom is 0.338 e. The van der Waals surface area contributed by atoms with E-state index in [2.05, 4.69) is 10.6 Å². The van der Waals surface area contributed by atoms with Crippen LogP contribution in [0.3, 0.4) is 0 Å². The highest BCUT2D eigenvalue weighted by atomic mass is 35.5. The smallest absolute Gasteiger partial charge is 0.338 e. The van der Waals surface area contributed by atoms with E-state index < -0.39 is 28.0 Å². The van der Waals surface area contributed by atoms with Crippen LogP contribution >= 0.6 is 69.8 Å². The van der Waals surface area contributed by atoms with Crippen LogP contribution in [-0.2, 0) is 4.79 Å². The van der Waals surface area contributed by atoms with E-state index in [9.17, 15) is 19.5 Å². The number of ether oxygens (including phenoxy) is 1. The molecule has 0 spiro atoms. The second-order valence-corrected chi connectivity index (χ2v) is 9.97. The summed E-state index contributed by atoms with van der Waals surface area (Å²) in [6, 6.07) is 11.4. The van der Waals surface area contributed by atoms with Gasteiger partial charge in [0.05, 0.1) is 49.8 Å². The molecule has 0 fully saturated rings. The standard InChI is InChI=1S/C23H15Cl5N2O5S/c1-35-14-7-2-10(24)8-13(14)30-15(31)9-36-12-5-3-11(4-6-12)29-22(32)16-17(23(33)34)19(26)21(28)20(27)18(16)25/h2-8H,9H2,1H3,(H,29,32)(H,30,31)(H,33,34). The van der Waals surface area contributed by atoms with Gasteiger partial charge in [-0.1, -0.05) is 58.0 Å². The van der Waals surface area contributed by atoms with Crippen LogP contribution in [-0.4, -0.2) is 35.8 Å². The van der Waals surface area contributed by atoms with E-state index in [0.29, 0.717) is 22.1 Å². The van der Waals surface area contributed by atoms with Gasteiger partial charge >= 0.3 is 5.97 Å². The van der Waals surface area contributed by atoms with Crippen LogP contribution in [0.15, 0.2) is 47.4 Å². The number of hydrogen-bond donors (Lipinski definition) is 3. The van der Waals surface area contributed by atoms with Crippen LogP contribution in [0.4, 0.5) is 11.4 Å². The summed E-state index contributed by atoms with van der Waals surface area (Å²) in [5.41, 5.74) is -0.194. The van der Waals surface area contributed by atoms with Crippen molar-refractivity contribution in [3.63, 3.8) is 0 Å². The number of benzene rings is 3. The quantitative estimate of drug-likeness (QED) is 0.138. The number of aromatic carboxylic acids is 1. The molecule has 3 rings (SSSR count). The molecule has 0 aliphatic heterocycles. The van der Waals surface area contributed by atoms with Gasteiger partial charge in [0.25, 0.3) is 5.91 Å². The van der Waals surface area contributed by atoms with Gasteiger partial charge in [0.15, 0.2) is 0 Å². The summed E-state index contributed by atoms with van der Waals surface area (Å²) in [4.78, 5) is 37.6. The fourth-order valence-corrected chi connectivity index (χ4v) is 4.88. The third-order valence-corrected chi connectivity index (χ3v) is 7.67. The molecule has 3 aromatic carbocycles. The van der Waals surface area contributed by atoms with Crippen LogP contribution in [0.2, 0.25) is 25.1 Å². The normalized spacial score (nSPS) is 10.6. The molecule has 0 saturated carbocycles. The molecule has 3 N–H and O–H groups in total. The molecule has 0 aliphatic carbocycles. The van der Waals surface area contributed by atoms with E-state index in [1.165, 1.54) is 18.9 Å². The summed E-state index contributed by atoms with van der Waals surface area (Å²) in [5.74, 6) is -2.03. The van der Waals surface area contributed by atoms with E-state index in [-0.39, 0.29) is 26.7 Å². The summed E-state index contributed by atoms with van der Waals surface area (Å²) in [7, 11) is 1.49. The molecule has 7 nitrogen and oxygen atoms in total. The SMILES string of the molecule is COc1ccc(Cl)cc1NC(=O)CSc1ccc(NC(=O)c2c(Cl)c(Cl)c(Cl)c(Cl)c2C(=O)O)cc1. The van der Waals surface area contributed by atoms with Crippen LogP contribution < -0.4 is 15.4 Å². The van der Waals surface area contributed by atoms with E-state index >= 15 is 0 Å². The van der Waals surface area contributed by atoms with Crippen molar-refractivity contribution in [2.45, 2.75) is 4.90 Å². The highest BCUT2D eigenvalue weighted by molar-refractivity contribution is 8.00. The van der Waals surface area contributed by atoms with Gasteiger partial charge in [0.1, 0.15) is 5.75 Å². The molecular weight excluding hydrogens is 594 g/mol. The zero-order valence-corrected chi connectivity index (χ0v) is 22.7. The monoisotopic (exact) mass is 606 g/mol. The number of halogens is 5. The molecule has 0 saturated heterocycles. The van der Waals surface area contributed by atoms with Gasteiger partial charge < -0.3 is 20.5 Å². The molecular formula is C23H15Cl5N2O5S. The van der Waals surface area contributed by atoms with Crippen LogP contribution in [0.25, 0.3) is 0 Å². The first-order chi connectivity index (χ1) is 17.0. The number of carbonyl (C=O) groups excluding carboxylic acids is 2. The first-order valence-corrected chi connectivity index (χ1v) is 12.7. The zero-order valence-electron chi connectivity index (χ0n) is 18.1. The van der Waals surface area contributed by atoms with Gasteiger partial charge in [-0.05, 0) is 42.5 Å². The van der Waals surface area contributed by atoms with Gasteiger partial charge in [-0.15, -0.1) is 11.8 Å². The Labute approximate surface area is 235 Å². The number of carbonyl (C=O) groups is 3. The Morgan fingerprint density at radius 3 is 2.06 bits per heavy atom. The molecule has 0 aromatic heterocycles. The lowest BCUT2D eigenvalue weighted by Crippen LogP contribution is -2.18. The number of methoxy groups -OCH3 is 1. The molecule has 13 heteroatoms. The fourth-order valence-electron chi connectivity index (χ4n) is 2.99. The second-order valence-electron chi connectivity index (χ2n) is 6.97. The van der Waals surface area contributed by atoms with Crippen LogP contribution in [0.1, 0.15) is 20.7 Å². The van der Waals surface area contributed by atoms with Crippen molar-refractivity contribution in [1.82, 2.24) is 0 Å². The van der Waals surface area contributed by atoms with Crippen molar-refractivity contribution >= 4 is 98.9 Å². The van der Waals surface area contributed by atoms with Gasteiger partial charge in [-0.2, -0.15) is 0 Å². The van der Waals surface area contributed by atoms with Crippen molar-refractivity contribution < 1.29 is 24.2 Å². The number of amides is 2. The van der Waals surface area contributed by atoms with E-state index in [0.717, 1.165) is 4.90 Å². The molecule has 2 amide bonds. The Morgan fingerprint density at radius 2 is 1.47 bits per heavy atom. The van der Waals surface area contributed by atoms with E-state index in [1.54, 1.807) is 42.5 Å². The zero-order chi connectivity index (χ0) is 26.6. The summed E-state index contributed by atoms with van der Waals surface area (Å²) in [6.45, 7) is 0. The number of thioether (sulfide) groups is 1. The van der Waals surface area contributed by atoms with Crippen LogP contribution in [0, 0.1) is 0 Å². The minimum absolute atomic E-state index is 0.0979. The maximum atomic E-state index is 12.8. The Hall–Kier alpha value is -2.33. The Bertz CT molecular complexity index is 1350. The third-order valence-electron chi connectivity index (χ3n) is 4.63. The highest BCUT2D eigenvalue weighted by Gasteiger charge is 2.29. The van der Waals surface area contributed by atoms with Crippen molar-refractivity contribution in [2.24, 2.45) is 0 Å². The Balaban J connectivity index is 1.68. The molecule has 36 heavy (non-hydrogen) atoms. The molecule has 0 atom stereocenters. The van der Waals surface area contributed by atoms with Gasteiger partial charge in [0.2, 0.25) is 5.91 Å². The predicted octanol–water partition coefficient (Wildman–Crippen LogP) is 7.64. The summed E-state index contributed by atoms with van der Waals surface area (Å²) in [6.07, 6.45) is 0. The molecule has 188 valence electrons. The Kier molecular flexibility index (Phi) is 9.63. The molecule has 3 aromatic rings. The summed E-state index contributed by atoms with van der Waals surface area (Å²) in [5, 5.41) is 14.0. The minimum atomic E-state index is -1.49. The van der Waals surface area contributed by atoms with E-state index in [4.69, 9.17) is 62.7 Å². The maximum absolute atomic E-state index is 12.8. The number of rotatable bonds is 8. The number of carboxylic acid groups (broad SMARTS) is 1. The number of hydrogen-bond acceptors (Lipinski definition) is 5. The average Bonchev–Trinajstić information content (AvgIpc) is 2.84. The first-order valence-electron chi connectivity index (χ1n) is 9.80. The van der Waals surface area contributed by atoms with Crippen LogP contribution in [0.5, 0.6) is 5.75 Å². The number of carboxylic acids is 1. The molecule has 0 bridgehead atoms. The minimum Gasteiger partial charge on any atom is -0.495 e. The number of anilines is 2. The molecule has 0 radical (unpaired) electrons. The van der Waals surface area contributed by atoms with Crippen molar-refractivity contribution in [1.29, 1.82) is 0 Å². The first kappa shape index (κ1) is 28.2. The van der Waals surface area contributed by atoms with Crippen molar-refractivity contribution in [3.8, 4) is 5.75 Å². The molecule has 0 unspecified atom stereocenters. The fraction of sp³-hybridized carbons (Fsp3) is 0.0870. The van der Waals surface area contributed by atoms with E-state index in [1.807, 2.05) is 0 Å². The van der Waals surface area contributed by atoms with Crippen molar-refractivity contribution in [2.75, 3.05) is 23.5 Å². The lowest BCUT2D eigenvalue weighted by molar-refractivity contribution is -0.113. The third kappa shape index (κ3) is 6.51. The van der Waals surface area contributed by atoms with Crippen molar-refractivity contribution in [3.05, 3.63) is 78.7 Å². The molecule has 0 heterocycles. The lowest BCUT2D eigenvalue weighted by Gasteiger charge is -2.14. The lowest BCUT2D eigenvalue weighted by atomic mass is 10.1. The van der Waals surface area contributed by atoms with Gasteiger partial charge in [-0.3, -0.25) is 9.59 Å². The summed E-state index contributed by atoms with van der Waals surface area (Å²) < 4.78 is 5.21.